The van der Waals surface area contributed by atoms with E-state index in [0.717, 1.165) is 5.56 Å². The molecule has 0 aliphatic carbocycles. The largest absolute Gasteiger partial charge is 0.494 e. The topological polar surface area (TPSA) is 79.1 Å². The fraction of sp³-hybridized carbons (Fsp3) is 0.250. The molecule has 0 radical (unpaired) electrons. The van der Waals surface area contributed by atoms with Gasteiger partial charge < -0.3 is 14.2 Å². The molecule has 0 saturated heterocycles. The first-order valence-electron chi connectivity index (χ1n) is 11.6. The zero-order valence-corrected chi connectivity index (χ0v) is 21.1. The maximum Gasteiger partial charge on any atom is 0.338 e. The second-order valence-corrected chi connectivity index (χ2v) is 8.84. The van der Waals surface area contributed by atoms with Crippen molar-refractivity contribution in [2.75, 3.05) is 19.8 Å². The number of allylic oxidation sites excluding steroid dienone is 1. The zero-order chi connectivity index (χ0) is 25.7. The van der Waals surface area contributed by atoms with E-state index in [1.807, 2.05) is 43.3 Å². The highest BCUT2D eigenvalue weighted by Gasteiger charge is 2.35. The van der Waals surface area contributed by atoms with E-state index in [2.05, 4.69) is 10.9 Å². The van der Waals surface area contributed by atoms with Gasteiger partial charge in [0.15, 0.2) is 4.80 Å². The molecule has 1 atom stereocenters. The van der Waals surface area contributed by atoms with E-state index in [9.17, 15) is 9.59 Å². The van der Waals surface area contributed by atoms with Crippen LogP contribution in [0.4, 0.5) is 0 Å². The number of hydrogen-bond acceptors (Lipinski definition) is 7. The van der Waals surface area contributed by atoms with Gasteiger partial charge in [0.05, 0.1) is 29.0 Å². The van der Waals surface area contributed by atoms with Crippen LogP contribution in [-0.4, -0.2) is 30.4 Å². The molecule has 4 rings (SSSR count). The molecule has 1 aliphatic rings. The lowest BCUT2D eigenvalue weighted by Gasteiger charge is -2.26. The van der Waals surface area contributed by atoms with Crippen molar-refractivity contribution >= 4 is 23.4 Å². The van der Waals surface area contributed by atoms with Gasteiger partial charge in [0, 0.05) is 5.56 Å². The van der Waals surface area contributed by atoms with Gasteiger partial charge in [-0.05, 0) is 50.6 Å². The summed E-state index contributed by atoms with van der Waals surface area (Å²) in [5.74, 6) is 3.16. The summed E-state index contributed by atoms with van der Waals surface area (Å²) in [6.07, 6.45) is 7.04. The first kappa shape index (κ1) is 25.0. The Morgan fingerprint density at radius 3 is 2.58 bits per heavy atom. The standard InChI is InChI=1S/C28H26N2O5S/c1-5-16-35-20-14-12-19(13-15-20)17-23-26(31)30-25(21-10-8-9-11-22(21)33-6-2)24(27(32)34-7-3)18(4)29-28(30)36-23/h1,8-15,17,25H,6-7,16H2,2-4H3/b23-17-/t25-/m0/s1. The van der Waals surface area contributed by atoms with Crippen LogP contribution in [0.3, 0.4) is 0 Å². The molecule has 0 spiro atoms. The Hall–Kier alpha value is -4.09. The molecule has 0 unspecified atom stereocenters. The molecule has 0 bridgehead atoms. The van der Waals surface area contributed by atoms with E-state index in [-0.39, 0.29) is 18.8 Å². The maximum absolute atomic E-state index is 13.7. The Morgan fingerprint density at radius 2 is 1.89 bits per heavy atom. The molecule has 0 amide bonds. The number of carbonyl (C=O) groups excluding carboxylic acids is 1. The molecular formula is C28H26N2O5S. The first-order chi connectivity index (χ1) is 17.5. The number of ether oxygens (including phenoxy) is 3. The van der Waals surface area contributed by atoms with Crippen molar-refractivity contribution in [2.24, 2.45) is 4.99 Å². The lowest BCUT2D eigenvalue weighted by Crippen LogP contribution is -2.40. The summed E-state index contributed by atoms with van der Waals surface area (Å²) >= 11 is 1.27. The second kappa shape index (κ2) is 11.1. The summed E-state index contributed by atoms with van der Waals surface area (Å²) < 4.78 is 18.7. The molecule has 2 aromatic carbocycles. The molecule has 184 valence electrons. The third kappa shape index (κ3) is 4.97. The summed E-state index contributed by atoms with van der Waals surface area (Å²) in [6, 6.07) is 14.0. The van der Waals surface area contributed by atoms with Crippen LogP contribution >= 0.6 is 11.3 Å². The van der Waals surface area contributed by atoms with Crippen LogP contribution in [0, 0.1) is 12.3 Å². The number of benzene rings is 2. The van der Waals surface area contributed by atoms with Crippen LogP contribution < -0.4 is 24.4 Å². The van der Waals surface area contributed by atoms with Crippen LogP contribution in [0.2, 0.25) is 0 Å². The lowest BCUT2D eigenvalue weighted by atomic mass is 9.95. The fourth-order valence-electron chi connectivity index (χ4n) is 4.02. The Bertz CT molecular complexity index is 1520. The third-order valence-electron chi connectivity index (χ3n) is 5.53. The molecular weight excluding hydrogens is 476 g/mol. The third-order valence-corrected chi connectivity index (χ3v) is 6.51. The Balaban J connectivity index is 1.88. The van der Waals surface area contributed by atoms with E-state index in [0.29, 0.717) is 44.3 Å². The van der Waals surface area contributed by atoms with Gasteiger partial charge in [0.2, 0.25) is 0 Å². The molecule has 2 heterocycles. The van der Waals surface area contributed by atoms with E-state index >= 15 is 0 Å². The summed E-state index contributed by atoms with van der Waals surface area (Å²) in [4.78, 5) is 31.9. The van der Waals surface area contributed by atoms with Gasteiger partial charge >= 0.3 is 5.97 Å². The highest BCUT2D eigenvalue weighted by molar-refractivity contribution is 7.07. The number of aromatic nitrogens is 1. The number of para-hydroxylation sites is 1. The number of esters is 1. The van der Waals surface area contributed by atoms with Crippen LogP contribution in [0.5, 0.6) is 11.5 Å². The van der Waals surface area contributed by atoms with Crippen LogP contribution in [0.1, 0.15) is 37.9 Å². The molecule has 8 heteroatoms. The molecule has 1 aliphatic heterocycles. The molecule has 3 aromatic rings. The number of terminal acetylenes is 1. The Labute approximate surface area is 213 Å². The quantitative estimate of drug-likeness (QED) is 0.349. The number of hydrogen-bond donors (Lipinski definition) is 0. The van der Waals surface area contributed by atoms with Gasteiger partial charge in [0.25, 0.3) is 5.56 Å². The Morgan fingerprint density at radius 1 is 1.14 bits per heavy atom. The number of fused-ring (bicyclic) bond motifs is 1. The molecule has 0 N–H and O–H groups in total. The number of nitrogens with zero attached hydrogens (tertiary/aromatic N) is 2. The number of thiazole rings is 1. The lowest BCUT2D eigenvalue weighted by molar-refractivity contribution is -0.139. The fourth-order valence-corrected chi connectivity index (χ4v) is 5.06. The Kier molecular flexibility index (Phi) is 7.71. The smallest absolute Gasteiger partial charge is 0.338 e. The van der Waals surface area contributed by atoms with E-state index < -0.39 is 12.0 Å². The second-order valence-electron chi connectivity index (χ2n) is 7.83. The van der Waals surface area contributed by atoms with Gasteiger partial charge in [-0.3, -0.25) is 9.36 Å². The number of carbonyl (C=O) groups is 1. The zero-order valence-electron chi connectivity index (χ0n) is 20.3. The molecule has 0 fully saturated rings. The molecule has 36 heavy (non-hydrogen) atoms. The van der Waals surface area contributed by atoms with Crippen molar-refractivity contribution in [1.29, 1.82) is 0 Å². The van der Waals surface area contributed by atoms with Crippen molar-refractivity contribution in [3.63, 3.8) is 0 Å². The van der Waals surface area contributed by atoms with Crippen LogP contribution in [0.25, 0.3) is 6.08 Å². The summed E-state index contributed by atoms with van der Waals surface area (Å²) in [6.45, 7) is 6.23. The highest BCUT2D eigenvalue weighted by atomic mass is 32.1. The summed E-state index contributed by atoms with van der Waals surface area (Å²) in [5, 5.41) is 0. The number of rotatable bonds is 8. The average molecular weight is 503 g/mol. The van der Waals surface area contributed by atoms with Crippen LogP contribution in [0.15, 0.2) is 69.6 Å². The van der Waals surface area contributed by atoms with Crippen molar-refractivity contribution in [2.45, 2.75) is 26.8 Å². The SMILES string of the molecule is C#CCOc1ccc(/C=c2\sc3n(c2=O)[C@@H](c2ccccc2OCC)C(C(=O)OCC)=C(C)N=3)cc1. The molecule has 1 aromatic heterocycles. The first-order valence-corrected chi connectivity index (χ1v) is 12.4. The normalized spacial score (nSPS) is 15.1. The highest BCUT2D eigenvalue weighted by Crippen LogP contribution is 2.35. The van der Waals surface area contributed by atoms with E-state index in [4.69, 9.17) is 20.6 Å². The average Bonchev–Trinajstić information content (AvgIpc) is 3.17. The summed E-state index contributed by atoms with van der Waals surface area (Å²) in [7, 11) is 0. The minimum atomic E-state index is -0.732. The predicted octanol–water partition coefficient (Wildman–Crippen LogP) is 3.21. The minimum Gasteiger partial charge on any atom is -0.494 e. The van der Waals surface area contributed by atoms with Gasteiger partial charge in [-0.15, -0.1) is 6.42 Å². The van der Waals surface area contributed by atoms with Crippen molar-refractivity contribution in [3.8, 4) is 23.8 Å². The minimum absolute atomic E-state index is 0.184. The van der Waals surface area contributed by atoms with Crippen molar-refractivity contribution in [3.05, 3.63) is 90.6 Å². The maximum atomic E-state index is 13.7. The van der Waals surface area contributed by atoms with Gasteiger partial charge in [-0.25, -0.2) is 9.79 Å². The van der Waals surface area contributed by atoms with Crippen molar-refractivity contribution < 1.29 is 19.0 Å². The van der Waals surface area contributed by atoms with Crippen molar-refractivity contribution in [1.82, 2.24) is 4.57 Å². The summed E-state index contributed by atoms with van der Waals surface area (Å²) in [5.41, 5.74) is 2.09. The van der Waals surface area contributed by atoms with Gasteiger partial charge in [0.1, 0.15) is 24.1 Å². The predicted molar refractivity (Wildman–Crippen MR) is 139 cm³/mol. The monoisotopic (exact) mass is 502 g/mol. The van der Waals surface area contributed by atoms with Gasteiger partial charge in [-0.2, -0.15) is 0 Å². The van der Waals surface area contributed by atoms with E-state index in [1.54, 1.807) is 36.6 Å². The van der Waals surface area contributed by atoms with Gasteiger partial charge in [-0.1, -0.05) is 47.6 Å². The molecule has 7 nitrogen and oxygen atoms in total. The van der Waals surface area contributed by atoms with Crippen LogP contribution in [-0.2, 0) is 9.53 Å². The van der Waals surface area contributed by atoms with E-state index in [1.165, 1.54) is 11.3 Å². The molecule has 0 saturated carbocycles.